The molecule has 0 saturated heterocycles. The Morgan fingerprint density at radius 2 is 1.89 bits per heavy atom. The van der Waals surface area contributed by atoms with Crippen molar-refractivity contribution in [2.75, 3.05) is 16.3 Å². The average Bonchev–Trinajstić information content (AvgIpc) is 3.60. The molecule has 1 aliphatic rings. The van der Waals surface area contributed by atoms with Gasteiger partial charge in [-0.15, -0.1) is 10.2 Å². The number of sulfonamides is 1. The van der Waals surface area contributed by atoms with Crippen LogP contribution in [-0.2, 0) is 16.4 Å². The van der Waals surface area contributed by atoms with E-state index in [1.807, 2.05) is 18.2 Å². The molecule has 1 unspecified atom stereocenters. The molecule has 2 heterocycles. The van der Waals surface area contributed by atoms with E-state index < -0.39 is 10.0 Å². The van der Waals surface area contributed by atoms with Crippen LogP contribution in [0.4, 0.5) is 16.0 Å². The molecule has 190 valence electrons. The highest BCUT2D eigenvalue weighted by Gasteiger charge is 2.21. The van der Waals surface area contributed by atoms with Crippen molar-refractivity contribution < 1.29 is 12.8 Å². The lowest BCUT2D eigenvalue weighted by Crippen LogP contribution is -2.18. The molecule has 0 amide bonds. The number of nitrogens with zero attached hydrogens (tertiary/aromatic N) is 5. The second kappa shape index (κ2) is 10.4. The van der Waals surface area contributed by atoms with Crippen molar-refractivity contribution in [2.45, 2.75) is 31.7 Å². The maximum absolute atomic E-state index is 13.7. The lowest BCUT2D eigenvalue weighted by molar-refractivity contribution is 0.606. The Bertz CT molecular complexity index is 1510. The predicted molar refractivity (Wildman–Crippen MR) is 138 cm³/mol. The van der Waals surface area contributed by atoms with Gasteiger partial charge in [-0.25, -0.2) is 22.8 Å². The number of anilines is 2. The first kappa shape index (κ1) is 24.5. The Morgan fingerprint density at radius 3 is 2.54 bits per heavy atom. The molecule has 0 bridgehead atoms. The number of tetrazole rings is 1. The minimum atomic E-state index is -3.53. The minimum absolute atomic E-state index is 0.342. The molecular formula is C25H25FN8O2S. The van der Waals surface area contributed by atoms with Gasteiger partial charge in [-0.2, -0.15) is 5.21 Å². The smallest absolute Gasteiger partial charge is 0.229 e. The largest absolute Gasteiger partial charge is 0.347 e. The third-order valence-corrected chi connectivity index (χ3v) is 6.66. The van der Waals surface area contributed by atoms with E-state index in [4.69, 9.17) is 0 Å². The number of hydrogen-bond acceptors (Lipinski definition) is 8. The summed E-state index contributed by atoms with van der Waals surface area (Å²) in [5.41, 5.74) is 4.73. The van der Waals surface area contributed by atoms with Gasteiger partial charge < -0.3 is 5.32 Å². The summed E-state index contributed by atoms with van der Waals surface area (Å²) in [5, 5.41) is 17.1. The maximum Gasteiger partial charge on any atom is 0.229 e. The third-order valence-electron chi connectivity index (χ3n) is 6.08. The van der Waals surface area contributed by atoms with Gasteiger partial charge in [-0.3, -0.25) is 4.72 Å². The Morgan fingerprint density at radius 1 is 1.11 bits per heavy atom. The first-order valence-electron chi connectivity index (χ1n) is 11.7. The summed E-state index contributed by atoms with van der Waals surface area (Å²) in [5.74, 6) is 0.364. The van der Waals surface area contributed by atoms with Gasteiger partial charge in [0.05, 0.1) is 23.5 Å². The van der Waals surface area contributed by atoms with E-state index in [2.05, 4.69) is 46.7 Å². The molecule has 2 aromatic heterocycles. The van der Waals surface area contributed by atoms with Gasteiger partial charge >= 0.3 is 0 Å². The fraction of sp³-hybridized carbons (Fsp3) is 0.240. The molecule has 0 spiro atoms. The summed E-state index contributed by atoms with van der Waals surface area (Å²) < 4.78 is 41.1. The Balaban J connectivity index is 1.50. The second-order valence-electron chi connectivity index (χ2n) is 8.82. The molecule has 0 aliphatic heterocycles. The Hall–Kier alpha value is -4.19. The van der Waals surface area contributed by atoms with E-state index in [1.54, 1.807) is 24.5 Å². The number of aromatic amines is 1. The highest BCUT2D eigenvalue weighted by atomic mass is 32.2. The van der Waals surface area contributed by atoms with Crippen LogP contribution in [0, 0.1) is 5.82 Å². The molecule has 0 saturated carbocycles. The van der Waals surface area contributed by atoms with Crippen LogP contribution in [0.2, 0.25) is 0 Å². The van der Waals surface area contributed by atoms with Gasteiger partial charge in [0, 0.05) is 18.0 Å². The van der Waals surface area contributed by atoms with Crippen molar-refractivity contribution in [1.82, 2.24) is 30.6 Å². The van der Waals surface area contributed by atoms with E-state index in [0.717, 1.165) is 47.8 Å². The zero-order valence-corrected chi connectivity index (χ0v) is 20.8. The number of hydrogen-bond donors (Lipinski definition) is 3. The summed E-state index contributed by atoms with van der Waals surface area (Å²) in [6.07, 6.45) is 9.73. The Kier molecular flexibility index (Phi) is 6.91. The fourth-order valence-corrected chi connectivity index (χ4v) is 5.00. The summed E-state index contributed by atoms with van der Waals surface area (Å²) >= 11 is 0. The van der Waals surface area contributed by atoms with Gasteiger partial charge in [-0.1, -0.05) is 36.4 Å². The zero-order valence-electron chi connectivity index (χ0n) is 20.0. The number of nitrogens with one attached hydrogen (secondary N) is 3. The highest BCUT2D eigenvalue weighted by Crippen LogP contribution is 2.37. The number of para-hydroxylation sites is 1. The molecule has 3 N–H and O–H groups in total. The molecular weight excluding hydrogens is 495 g/mol. The van der Waals surface area contributed by atoms with Crippen LogP contribution in [-0.4, -0.2) is 45.3 Å². The van der Waals surface area contributed by atoms with Crippen molar-refractivity contribution >= 4 is 27.2 Å². The minimum Gasteiger partial charge on any atom is -0.347 e. The van der Waals surface area contributed by atoms with Crippen LogP contribution in [0.5, 0.6) is 0 Å². The van der Waals surface area contributed by atoms with Crippen LogP contribution in [0.3, 0.4) is 0 Å². The molecule has 10 nitrogen and oxygen atoms in total. The fourth-order valence-electron chi connectivity index (χ4n) is 4.38. The van der Waals surface area contributed by atoms with Crippen molar-refractivity contribution in [2.24, 2.45) is 0 Å². The molecule has 2 aromatic carbocycles. The van der Waals surface area contributed by atoms with Crippen LogP contribution in [0.15, 0.2) is 60.9 Å². The topological polar surface area (TPSA) is 138 Å². The Labute approximate surface area is 213 Å². The number of H-pyrrole nitrogens is 1. The second-order valence-corrected chi connectivity index (χ2v) is 10.6. The van der Waals surface area contributed by atoms with Crippen molar-refractivity contribution in [3.63, 3.8) is 0 Å². The summed E-state index contributed by atoms with van der Waals surface area (Å²) in [6, 6.07) is 11.5. The lowest BCUT2D eigenvalue weighted by atomic mass is 9.93. The molecule has 5 rings (SSSR count). The SMILES string of the molecule is CS(=O)(=O)Nc1c(CC(Nc2ncc(-c3nn[nH]n3)cn2)c2ccc(F)cc2)cccc1C1=CCCC1. The van der Waals surface area contributed by atoms with Crippen LogP contribution < -0.4 is 10.0 Å². The van der Waals surface area contributed by atoms with Gasteiger partial charge in [0.2, 0.25) is 21.8 Å². The maximum atomic E-state index is 13.7. The molecule has 12 heteroatoms. The van der Waals surface area contributed by atoms with Crippen molar-refractivity contribution in [1.29, 1.82) is 0 Å². The molecule has 0 fully saturated rings. The number of benzene rings is 2. The number of allylic oxidation sites excluding steroid dienone is 2. The van der Waals surface area contributed by atoms with Crippen LogP contribution in [0.1, 0.15) is 42.0 Å². The van der Waals surface area contributed by atoms with E-state index in [1.165, 1.54) is 12.1 Å². The van der Waals surface area contributed by atoms with Crippen LogP contribution >= 0.6 is 0 Å². The van der Waals surface area contributed by atoms with Crippen LogP contribution in [0.25, 0.3) is 17.0 Å². The number of halogens is 1. The summed E-state index contributed by atoms with van der Waals surface area (Å²) in [6.45, 7) is 0. The monoisotopic (exact) mass is 520 g/mol. The lowest BCUT2D eigenvalue weighted by Gasteiger charge is -2.23. The summed E-state index contributed by atoms with van der Waals surface area (Å²) in [4.78, 5) is 8.77. The molecule has 37 heavy (non-hydrogen) atoms. The van der Waals surface area contributed by atoms with Gasteiger partial charge in [0.1, 0.15) is 5.82 Å². The first-order valence-corrected chi connectivity index (χ1v) is 13.6. The van der Waals surface area contributed by atoms with Crippen molar-refractivity contribution in [3.05, 3.63) is 83.4 Å². The number of aromatic nitrogens is 6. The number of rotatable bonds is 9. The molecule has 1 aliphatic carbocycles. The van der Waals surface area contributed by atoms with E-state index in [9.17, 15) is 12.8 Å². The first-order chi connectivity index (χ1) is 17.9. The third kappa shape index (κ3) is 5.97. The highest BCUT2D eigenvalue weighted by molar-refractivity contribution is 7.92. The van der Waals surface area contributed by atoms with E-state index >= 15 is 0 Å². The molecule has 4 aromatic rings. The molecule has 1 atom stereocenters. The van der Waals surface area contributed by atoms with E-state index in [0.29, 0.717) is 29.4 Å². The molecule has 0 radical (unpaired) electrons. The standard InChI is InChI=1S/C25H25FN8O2S/c1-37(35,36)32-23-18(7-4-8-21(23)16-5-2-3-6-16)13-22(17-9-11-20(26)12-10-17)29-25-27-14-19(15-28-25)24-30-33-34-31-24/h4-5,7-12,14-15,22,32H,2-3,6,13H2,1H3,(H,27,28,29)(H,30,31,33,34). The van der Waals surface area contributed by atoms with Crippen molar-refractivity contribution in [3.8, 4) is 11.4 Å². The van der Waals surface area contributed by atoms with Gasteiger partial charge in [-0.05, 0) is 59.7 Å². The normalized spacial score (nSPS) is 14.3. The van der Waals surface area contributed by atoms with Gasteiger partial charge in [0.25, 0.3) is 0 Å². The summed E-state index contributed by atoms with van der Waals surface area (Å²) in [7, 11) is -3.53. The van der Waals surface area contributed by atoms with Gasteiger partial charge in [0.15, 0.2) is 0 Å². The zero-order chi connectivity index (χ0) is 25.8. The predicted octanol–water partition coefficient (Wildman–Crippen LogP) is 4.13. The average molecular weight is 521 g/mol. The van der Waals surface area contributed by atoms with E-state index in [-0.39, 0.29) is 11.9 Å². The quantitative estimate of drug-likeness (QED) is 0.299.